The summed E-state index contributed by atoms with van der Waals surface area (Å²) in [6, 6.07) is 15.5. The van der Waals surface area contributed by atoms with Crippen LogP contribution in [0.15, 0.2) is 48.5 Å². The summed E-state index contributed by atoms with van der Waals surface area (Å²) in [5.74, 6) is 1.55. The van der Waals surface area contributed by atoms with Gasteiger partial charge in [-0.1, -0.05) is 30.3 Å². The Bertz CT molecular complexity index is 945. The molecule has 2 aliphatic heterocycles. The van der Waals surface area contributed by atoms with Crippen LogP contribution in [-0.2, 0) is 16.0 Å². The molecule has 2 aromatic carbocycles. The minimum atomic E-state index is -0.0389. The number of benzene rings is 2. The highest BCUT2D eigenvalue weighted by Gasteiger charge is 2.61. The Kier molecular flexibility index (Phi) is 4.42. The number of ether oxygens (including phenoxy) is 2. The molecule has 0 bridgehead atoms. The highest BCUT2D eigenvalue weighted by atomic mass is 16.7. The van der Waals surface area contributed by atoms with Crippen LogP contribution in [-0.4, -0.2) is 36.6 Å². The summed E-state index contributed by atoms with van der Waals surface area (Å²) in [7, 11) is 0. The van der Waals surface area contributed by atoms with Crippen LogP contribution in [0.2, 0.25) is 0 Å². The third-order valence-electron chi connectivity index (χ3n) is 6.35. The molecule has 6 heteroatoms. The van der Waals surface area contributed by atoms with E-state index in [9.17, 15) is 9.59 Å². The number of carbonyl (C=O) groups is 2. The lowest BCUT2D eigenvalue weighted by Crippen LogP contribution is -2.30. The molecule has 2 aromatic rings. The number of hydrogen-bond donors (Lipinski definition) is 1. The lowest BCUT2D eigenvalue weighted by Gasteiger charge is -2.17. The first-order valence-corrected chi connectivity index (χ1v) is 10.2. The Morgan fingerprint density at radius 1 is 1.10 bits per heavy atom. The van der Waals surface area contributed by atoms with Crippen molar-refractivity contribution in [2.75, 3.05) is 25.2 Å². The van der Waals surface area contributed by atoms with Gasteiger partial charge in [0.25, 0.3) is 0 Å². The topological polar surface area (TPSA) is 67.9 Å². The van der Waals surface area contributed by atoms with Crippen LogP contribution in [0.4, 0.5) is 5.69 Å². The van der Waals surface area contributed by atoms with E-state index in [1.165, 1.54) is 5.56 Å². The molecule has 2 unspecified atom stereocenters. The van der Waals surface area contributed by atoms with Crippen molar-refractivity contribution in [3.8, 4) is 11.5 Å². The van der Waals surface area contributed by atoms with Crippen LogP contribution in [0.3, 0.4) is 0 Å². The van der Waals surface area contributed by atoms with E-state index in [1.54, 1.807) is 6.07 Å². The molecule has 6 nitrogen and oxygen atoms in total. The summed E-state index contributed by atoms with van der Waals surface area (Å²) in [4.78, 5) is 27.3. The van der Waals surface area contributed by atoms with Gasteiger partial charge in [-0.25, -0.2) is 0 Å². The predicted molar refractivity (Wildman–Crippen MR) is 108 cm³/mol. The Morgan fingerprint density at radius 2 is 1.93 bits per heavy atom. The summed E-state index contributed by atoms with van der Waals surface area (Å²) < 4.78 is 10.7. The van der Waals surface area contributed by atoms with Crippen LogP contribution in [0.25, 0.3) is 0 Å². The number of carbonyl (C=O) groups excluding carboxylic acids is 2. The molecule has 2 heterocycles. The summed E-state index contributed by atoms with van der Waals surface area (Å²) in [6.45, 7) is 1.66. The summed E-state index contributed by atoms with van der Waals surface area (Å²) >= 11 is 0. The first-order chi connectivity index (χ1) is 14.1. The van der Waals surface area contributed by atoms with E-state index >= 15 is 0 Å². The molecule has 1 aliphatic carbocycles. The molecule has 1 saturated heterocycles. The molecule has 2 amide bonds. The lowest BCUT2D eigenvalue weighted by molar-refractivity contribution is -0.130. The Labute approximate surface area is 169 Å². The molecule has 2 atom stereocenters. The number of hydrogen-bond acceptors (Lipinski definition) is 4. The van der Waals surface area contributed by atoms with Gasteiger partial charge in [0.2, 0.25) is 18.6 Å². The van der Waals surface area contributed by atoms with Crippen LogP contribution < -0.4 is 14.8 Å². The van der Waals surface area contributed by atoms with E-state index in [0.29, 0.717) is 24.5 Å². The van der Waals surface area contributed by atoms with Gasteiger partial charge < -0.3 is 19.7 Å². The summed E-state index contributed by atoms with van der Waals surface area (Å²) in [6.07, 6.45) is 3.04. The maximum absolute atomic E-state index is 12.7. The van der Waals surface area contributed by atoms with Crippen molar-refractivity contribution in [2.24, 2.45) is 11.3 Å². The number of nitrogens with zero attached hydrogens (tertiary/aromatic N) is 1. The third-order valence-corrected chi connectivity index (χ3v) is 6.35. The number of fused-ring (bicyclic) bond motifs is 1. The zero-order valence-electron chi connectivity index (χ0n) is 16.2. The maximum atomic E-state index is 12.7. The number of likely N-dealkylation sites (tertiary alicyclic amines) is 1. The van der Waals surface area contributed by atoms with Crippen molar-refractivity contribution in [1.29, 1.82) is 0 Å². The van der Waals surface area contributed by atoms with E-state index in [4.69, 9.17) is 9.47 Å². The molecule has 1 spiro atoms. The fraction of sp³-hybridized carbons (Fsp3) is 0.391. The quantitative estimate of drug-likeness (QED) is 0.848. The largest absolute Gasteiger partial charge is 0.454 e. The second kappa shape index (κ2) is 7.10. The van der Waals surface area contributed by atoms with E-state index in [1.807, 2.05) is 35.2 Å². The molecule has 1 saturated carbocycles. The number of rotatable bonds is 5. The van der Waals surface area contributed by atoms with Gasteiger partial charge in [0, 0.05) is 42.6 Å². The second-order valence-corrected chi connectivity index (χ2v) is 8.23. The van der Waals surface area contributed by atoms with Gasteiger partial charge in [-0.15, -0.1) is 0 Å². The molecular formula is C23H24N2O4. The Morgan fingerprint density at radius 3 is 2.79 bits per heavy atom. The standard InChI is InChI=1S/C23H24N2O4/c26-21(9-6-16-4-2-1-3-5-16)25-11-10-23(14-25)13-18(23)22(27)24-17-7-8-19-20(12-17)29-15-28-19/h1-5,7-8,12,18H,6,9-11,13-15H2,(H,24,27). The number of nitrogens with one attached hydrogen (secondary N) is 1. The molecule has 3 aliphatic rings. The van der Waals surface area contributed by atoms with Crippen LogP contribution in [0.1, 0.15) is 24.8 Å². The number of aryl methyl sites for hydroxylation is 1. The summed E-state index contributed by atoms with van der Waals surface area (Å²) in [5, 5.41) is 3.00. The Hall–Kier alpha value is -3.02. The van der Waals surface area contributed by atoms with Crippen molar-refractivity contribution in [2.45, 2.75) is 25.7 Å². The van der Waals surface area contributed by atoms with Gasteiger partial charge in [0.05, 0.1) is 0 Å². The van der Waals surface area contributed by atoms with Crippen LogP contribution >= 0.6 is 0 Å². The van der Waals surface area contributed by atoms with Gasteiger partial charge in [-0.3, -0.25) is 9.59 Å². The van der Waals surface area contributed by atoms with E-state index in [2.05, 4.69) is 17.4 Å². The van der Waals surface area contributed by atoms with Gasteiger partial charge in [-0.05, 0) is 37.0 Å². The zero-order chi connectivity index (χ0) is 19.8. The first-order valence-electron chi connectivity index (χ1n) is 10.2. The van der Waals surface area contributed by atoms with Crippen molar-refractivity contribution >= 4 is 17.5 Å². The minimum Gasteiger partial charge on any atom is -0.454 e. The van der Waals surface area contributed by atoms with Gasteiger partial charge >= 0.3 is 0 Å². The highest BCUT2D eigenvalue weighted by molar-refractivity contribution is 5.95. The molecule has 2 fully saturated rings. The number of amides is 2. The van der Waals surface area contributed by atoms with Gasteiger partial charge in [-0.2, -0.15) is 0 Å². The van der Waals surface area contributed by atoms with Crippen molar-refractivity contribution < 1.29 is 19.1 Å². The van der Waals surface area contributed by atoms with Crippen molar-refractivity contribution in [3.05, 3.63) is 54.1 Å². The average molecular weight is 392 g/mol. The van der Waals surface area contributed by atoms with Gasteiger partial charge in [0.15, 0.2) is 11.5 Å². The van der Waals surface area contributed by atoms with Crippen molar-refractivity contribution in [1.82, 2.24) is 4.90 Å². The van der Waals surface area contributed by atoms with E-state index < -0.39 is 0 Å². The molecule has 1 N–H and O–H groups in total. The van der Waals surface area contributed by atoms with Crippen LogP contribution in [0, 0.1) is 11.3 Å². The predicted octanol–water partition coefficient (Wildman–Crippen LogP) is 3.23. The molecular weight excluding hydrogens is 368 g/mol. The molecule has 150 valence electrons. The monoisotopic (exact) mass is 392 g/mol. The maximum Gasteiger partial charge on any atom is 0.231 e. The van der Waals surface area contributed by atoms with Crippen molar-refractivity contribution in [3.63, 3.8) is 0 Å². The lowest BCUT2D eigenvalue weighted by atomic mass is 10.0. The van der Waals surface area contributed by atoms with Crippen LogP contribution in [0.5, 0.6) is 11.5 Å². The smallest absolute Gasteiger partial charge is 0.231 e. The normalized spacial score (nSPS) is 24.0. The van der Waals surface area contributed by atoms with E-state index in [0.717, 1.165) is 31.5 Å². The fourth-order valence-electron chi connectivity index (χ4n) is 4.54. The minimum absolute atomic E-state index is 0.0279. The van der Waals surface area contributed by atoms with E-state index in [-0.39, 0.29) is 29.9 Å². The third kappa shape index (κ3) is 3.55. The molecule has 29 heavy (non-hydrogen) atoms. The molecule has 0 radical (unpaired) electrons. The molecule has 0 aromatic heterocycles. The van der Waals surface area contributed by atoms with Gasteiger partial charge in [0.1, 0.15) is 0 Å². The number of anilines is 1. The second-order valence-electron chi connectivity index (χ2n) is 8.23. The first kappa shape index (κ1) is 18.0. The average Bonchev–Trinajstić information content (AvgIpc) is 3.04. The summed E-state index contributed by atoms with van der Waals surface area (Å²) in [5.41, 5.74) is 1.86. The zero-order valence-corrected chi connectivity index (χ0v) is 16.2. The highest BCUT2D eigenvalue weighted by Crippen LogP contribution is 2.59. The Balaban J connectivity index is 1.14. The SMILES string of the molecule is O=C(Nc1ccc2c(c1)OCO2)C1CC12CCN(C(=O)CCc1ccccc1)C2. The fourth-order valence-corrected chi connectivity index (χ4v) is 4.54. The molecule has 5 rings (SSSR count).